The summed E-state index contributed by atoms with van der Waals surface area (Å²) in [5, 5.41) is 0. The fourth-order valence-corrected chi connectivity index (χ4v) is 2.04. The Morgan fingerprint density at radius 3 is 2.50 bits per heavy atom. The van der Waals surface area contributed by atoms with Crippen LogP contribution in [0.3, 0.4) is 0 Å². The van der Waals surface area contributed by atoms with Gasteiger partial charge in [-0.3, -0.25) is 4.90 Å². The molecule has 102 valence electrons. The number of hydrogen-bond donors (Lipinski definition) is 1. The molecule has 0 saturated carbocycles. The number of nitrogens with zero attached hydrogens (tertiary/aromatic N) is 1. The molecule has 1 rings (SSSR count). The molecule has 0 saturated heterocycles. The van der Waals surface area contributed by atoms with Gasteiger partial charge in [-0.2, -0.15) is 0 Å². The summed E-state index contributed by atoms with van der Waals surface area (Å²) in [6, 6.07) is 8.43. The molecule has 0 atom stereocenters. The topological polar surface area (TPSA) is 38.5 Å². The third-order valence-corrected chi connectivity index (χ3v) is 3.15. The van der Waals surface area contributed by atoms with E-state index < -0.39 is 0 Å². The predicted molar refractivity (Wildman–Crippen MR) is 76.4 cm³/mol. The summed E-state index contributed by atoms with van der Waals surface area (Å²) in [5.74, 6) is 0. The van der Waals surface area contributed by atoms with Gasteiger partial charge in [0.1, 0.15) is 0 Å². The molecule has 0 aliphatic carbocycles. The Hall–Kier alpha value is -0.900. The van der Waals surface area contributed by atoms with Gasteiger partial charge in [0.25, 0.3) is 0 Å². The molecule has 0 aliphatic heterocycles. The van der Waals surface area contributed by atoms with Crippen LogP contribution in [0, 0.1) is 0 Å². The summed E-state index contributed by atoms with van der Waals surface area (Å²) in [5.41, 5.74) is 8.37. The minimum atomic E-state index is 0.618. The van der Waals surface area contributed by atoms with Crippen LogP contribution in [0.1, 0.15) is 31.4 Å². The summed E-state index contributed by atoms with van der Waals surface area (Å²) in [4.78, 5) is 2.44. The van der Waals surface area contributed by atoms with E-state index in [1.54, 1.807) is 0 Å². The molecule has 0 spiro atoms. The van der Waals surface area contributed by atoms with E-state index in [0.717, 1.165) is 39.3 Å². The van der Waals surface area contributed by atoms with Crippen molar-refractivity contribution in [3.63, 3.8) is 0 Å². The van der Waals surface area contributed by atoms with Crippen LogP contribution in [-0.4, -0.2) is 31.2 Å². The molecule has 1 aromatic carbocycles. The van der Waals surface area contributed by atoms with Crippen LogP contribution in [0.15, 0.2) is 24.3 Å². The highest BCUT2D eigenvalue weighted by atomic mass is 16.5. The van der Waals surface area contributed by atoms with Crippen LogP contribution in [0.2, 0.25) is 0 Å². The maximum atomic E-state index is 5.77. The van der Waals surface area contributed by atoms with Gasteiger partial charge in [0, 0.05) is 32.8 Å². The van der Waals surface area contributed by atoms with E-state index in [4.69, 9.17) is 10.5 Å². The van der Waals surface area contributed by atoms with Gasteiger partial charge < -0.3 is 10.5 Å². The second-order valence-electron chi connectivity index (χ2n) is 4.39. The Balaban J connectivity index is 2.46. The van der Waals surface area contributed by atoms with Crippen LogP contribution in [0.5, 0.6) is 0 Å². The van der Waals surface area contributed by atoms with Gasteiger partial charge in [-0.15, -0.1) is 0 Å². The lowest BCUT2D eigenvalue weighted by atomic mass is 10.1. The van der Waals surface area contributed by atoms with E-state index in [-0.39, 0.29) is 0 Å². The average Bonchev–Trinajstić information content (AvgIpc) is 2.42. The quantitative estimate of drug-likeness (QED) is 0.684. The first-order valence-corrected chi connectivity index (χ1v) is 6.88. The molecule has 3 heteroatoms. The molecule has 0 amide bonds. The fourth-order valence-electron chi connectivity index (χ4n) is 2.04. The summed E-state index contributed by atoms with van der Waals surface area (Å²) in [7, 11) is 0. The van der Waals surface area contributed by atoms with Crippen molar-refractivity contribution >= 4 is 0 Å². The molecule has 2 N–H and O–H groups in total. The molecule has 3 nitrogen and oxygen atoms in total. The lowest BCUT2D eigenvalue weighted by molar-refractivity contribution is 0.131. The summed E-state index contributed by atoms with van der Waals surface area (Å²) >= 11 is 0. The standard InChI is InChI=1S/C15H26N2O/c1-3-17(10-7-11-18-4-2)13-15-9-6-5-8-14(15)12-16/h5-6,8-9H,3-4,7,10-13,16H2,1-2H3. The molecule has 0 aliphatic rings. The van der Waals surface area contributed by atoms with E-state index in [1.165, 1.54) is 11.1 Å². The Morgan fingerprint density at radius 2 is 1.89 bits per heavy atom. The summed E-state index contributed by atoms with van der Waals surface area (Å²) < 4.78 is 5.38. The van der Waals surface area contributed by atoms with Crippen LogP contribution >= 0.6 is 0 Å². The molecule has 0 fully saturated rings. The highest BCUT2D eigenvalue weighted by Gasteiger charge is 2.06. The maximum absolute atomic E-state index is 5.77. The Bertz CT molecular complexity index is 328. The van der Waals surface area contributed by atoms with E-state index in [1.807, 2.05) is 6.92 Å². The normalized spacial score (nSPS) is 11.1. The summed E-state index contributed by atoms with van der Waals surface area (Å²) in [6.07, 6.45) is 1.09. The minimum absolute atomic E-state index is 0.618. The van der Waals surface area contributed by atoms with Crippen molar-refractivity contribution in [2.24, 2.45) is 5.73 Å². The molecule has 1 aromatic rings. The Labute approximate surface area is 111 Å². The number of rotatable bonds is 9. The molecule has 0 radical (unpaired) electrons. The largest absolute Gasteiger partial charge is 0.382 e. The minimum Gasteiger partial charge on any atom is -0.382 e. The highest BCUT2D eigenvalue weighted by Crippen LogP contribution is 2.11. The van der Waals surface area contributed by atoms with Crippen molar-refractivity contribution in [1.82, 2.24) is 4.90 Å². The highest BCUT2D eigenvalue weighted by molar-refractivity contribution is 5.26. The van der Waals surface area contributed by atoms with Crippen molar-refractivity contribution in [2.45, 2.75) is 33.4 Å². The SMILES string of the molecule is CCOCCCN(CC)Cc1ccccc1CN. The van der Waals surface area contributed by atoms with Crippen LogP contribution < -0.4 is 5.73 Å². The first-order valence-electron chi connectivity index (χ1n) is 6.88. The third kappa shape index (κ3) is 5.17. The van der Waals surface area contributed by atoms with Gasteiger partial charge in [-0.25, -0.2) is 0 Å². The zero-order valence-electron chi connectivity index (χ0n) is 11.7. The number of benzene rings is 1. The number of hydrogen-bond acceptors (Lipinski definition) is 3. The van der Waals surface area contributed by atoms with Gasteiger partial charge >= 0.3 is 0 Å². The average molecular weight is 250 g/mol. The smallest absolute Gasteiger partial charge is 0.0478 e. The molecular weight excluding hydrogens is 224 g/mol. The second kappa shape index (κ2) is 9.09. The summed E-state index contributed by atoms with van der Waals surface area (Å²) in [6.45, 7) is 9.64. The van der Waals surface area contributed by atoms with Gasteiger partial charge in [0.05, 0.1) is 0 Å². The van der Waals surface area contributed by atoms with E-state index >= 15 is 0 Å². The molecule has 0 bridgehead atoms. The first kappa shape index (κ1) is 15.2. The molecule has 18 heavy (non-hydrogen) atoms. The van der Waals surface area contributed by atoms with Crippen LogP contribution in [-0.2, 0) is 17.8 Å². The van der Waals surface area contributed by atoms with E-state index in [9.17, 15) is 0 Å². The zero-order valence-corrected chi connectivity index (χ0v) is 11.7. The monoisotopic (exact) mass is 250 g/mol. The molecule has 0 unspecified atom stereocenters. The van der Waals surface area contributed by atoms with Gasteiger partial charge in [0.15, 0.2) is 0 Å². The lowest BCUT2D eigenvalue weighted by Gasteiger charge is -2.21. The maximum Gasteiger partial charge on any atom is 0.0478 e. The van der Waals surface area contributed by atoms with Gasteiger partial charge in [0.2, 0.25) is 0 Å². The van der Waals surface area contributed by atoms with E-state index in [0.29, 0.717) is 6.54 Å². The van der Waals surface area contributed by atoms with Crippen molar-refractivity contribution < 1.29 is 4.74 Å². The Morgan fingerprint density at radius 1 is 1.17 bits per heavy atom. The number of ether oxygens (including phenoxy) is 1. The fraction of sp³-hybridized carbons (Fsp3) is 0.600. The van der Waals surface area contributed by atoms with Crippen molar-refractivity contribution in [1.29, 1.82) is 0 Å². The van der Waals surface area contributed by atoms with Crippen LogP contribution in [0.25, 0.3) is 0 Å². The van der Waals surface area contributed by atoms with Crippen LogP contribution in [0.4, 0.5) is 0 Å². The predicted octanol–water partition coefficient (Wildman–Crippen LogP) is 2.39. The van der Waals surface area contributed by atoms with Crippen molar-refractivity contribution in [3.8, 4) is 0 Å². The third-order valence-electron chi connectivity index (χ3n) is 3.15. The van der Waals surface area contributed by atoms with Crippen molar-refractivity contribution in [3.05, 3.63) is 35.4 Å². The molecular formula is C15H26N2O. The Kier molecular flexibility index (Phi) is 7.65. The van der Waals surface area contributed by atoms with Gasteiger partial charge in [-0.05, 0) is 31.0 Å². The van der Waals surface area contributed by atoms with E-state index in [2.05, 4.69) is 36.1 Å². The first-order chi connectivity index (χ1) is 8.81. The van der Waals surface area contributed by atoms with Gasteiger partial charge in [-0.1, -0.05) is 31.2 Å². The van der Waals surface area contributed by atoms with Crippen molar-refractivity contribution in [2.75, 3.05) is 26.3 Å². The molecule has 0 aromatic heterocycles. The second-order valence-corrected chi connectivity index (χ2v) is 4.39. The zero-order chi connectivity index (χ0) is 13.2. The molecule has 0 heterocycles. The number of nitrogens with two attached hydrogens (primary N) is 1. The lowest BCUT2D eigenvalue weighted by Crippen LogP contribution is -2.25.